The Hall–Kier alpha value is -1.87. The Kier molecular flexibility index (Phi) is 7.85. The third-order valence-electron chi connectivity index (χ3n) is 5.10. The molecule has 0 bridgehead atoms. The normalized spacial score (nSPS) is 13.5. The fourth-order valence-electron chi connectivity index (χ4n) is 3.26. The third kappa shape index (κ3) is 5.32. The van der Waals surface area contributed by atoms with Crippen molar-refractivity contribution in [2.75, 3.05) is 0 Å². The summed E-state index contributed by atoms with van der Waals surface area (Å²) in [6, 6.07) is 11.5. The molecule has 0 spiro atoms. The first-order chi connectivity index (χ1) is 12.9. The summed E-state index contributed by atoms with van der Waals surface area (Å²) < 4.78 is 0. The van der Waals surface area contributed by atoms with E-state index in [1.54, 1.807) is 12.1 Å². The van der Waals surface area contributed by atoms with Crippen LogP contribution < -0.4 is 0 Å². The summed E-state index contributed by atoms with van der Waals surface area (Å²) in [5.74, 6) is -1.24. The number of rotatable bonds is 10. The van der Waals surface area contributed by atoms with Crippen LogP contribution in [0.1, 0.15) is 64.0 Å². The van der Waals surface area contributed by atoms with E-state index in [4.69, 9.17) is 11.6 Å². The van der Waals surface area contributed by atoms with Gasteiger partial charge in [0.05, 0.1) is 5.69 Å². The first kappa shape index (κ1) is 21.4. The maximum atomic E-state index is 11.7. The van der Waals surface area contributed by atoms with Gasteiger partial charge in [0.1, 0.15) is 0 Å². The summed E-state index contributed by atoms with van der Waals surface area (Å²) in [6.07, 6.45) is 9.38. The number of carbonyl (C=O) groups is 1. The topological polar surface area (TPSA) is 50.2 Å². The highest BCUT2D eigenvalue weighted by Crippen LogP contribution is 2.37. The Bertz CT molecular complexity index is 725. The summed E-state index contributed by atoms with van der Waals surface area (Å²) in [7, 11) is 0. The van der Waals surface area contributed by atoms with Gasteiger partial charge in [0.25, 0.3) is 0 Å². The van der Waals surface area contributed by atoms with E-state index in [1.807, 2.05) is 38.2 Å². The monoisotopic (exact) mass is 387 g/mol. The summed E-state index contributed by atoms with van der Waals surface area (Å²) in [5.41, 5.74) is 3.70. The van der Waals surface area contributed by atoms with Gasteiger partial charge in [-0.15, -0.1) is 11.6 Å². The van der Waals surface area contributed by atoms with Crippen LogP contribution in [0, 0.1) is 5.92 Å². The first-order valence-electron chi connectivity index (χ1n) is 9.87. The summed E-state index contributed by atoms with van der Waals surface area (Å²) in [6.45, 7) is 5.86. The van der Waals surface area contributed by atoms with Gasteiger partial charge in [0.15, 0.2) is 4.87 Å². The van der Waals surface area contributed by atoms with E-state index in [0.717, 1.165) is 17.7 Å². The molecule has 1 aromatic carbocycles. The number of nitrogens with zero attached hydrogens (tertiary/aromatic N) is 1. The molecule has 1 aromatic heterocycles. The van der Waals surface area contributed by atoms with Crippen LogP contribution in [0.15, 0.2) is 42.6 Å². The van der Waals surface area contributed by atoms with Crippen molar-refractivity contribution in [3.63, 3.8) is 0 Å². The van der Waals surface area contributed by atoms with Crippen LogP contribution >= 0.6 is 11.6 Å². The molecule has 0 radical (unpaired) electrons. The number of halogens is 1. The van der Waals surface area contributed by atoms with Crippen molar-refractivity contribution in [3.8, 4) is 11.3 Å². The van der Waals surface area contributed by atoms with Crippen molar-refractivity contribution in [2.24, 2.45) is 5.92 Å². The number of alkyl halides is 1. The van der Waals surface area contributed by atoms with Gasteiger partial charge in [-0.05, 0) is 36.0 Å². The fraction of sp³-hybridized carbons (Fsp3) is 0.478. The average Bonchev–Trinajstić information content (AvgIpc) is 2.67. The minimum Gasteiger partial charge on any atom is -0.480 e. The van der Waals surface area contributed by atoms with Gasteiger partial charge in [0, 0.05) is 11.8 Å². The van der Waals surface area contributed by atoms with Crippen LogP contribution in [-0.2, 0) is 16.1 Å². The highest BCUT2D eigenvalue weighted by molar-refractivity contribution is 6.33. The van der Waals surface area contributed by atoms with Crippen molar-refractivity contribution in [2.45, 2.75) is 64.2 Å². The molecular formula is C23H30ClNO2. The van der Waals surface area contributed by atoms with Crippen molar-refractivity contribution < 1.29 is 9.90 Å². The minimum absolute atomic E-state index is 0.225. The Morgan fingerprint density at radius 2 is 1.74 bits per heavy atom. The molecule has 0 amide bonds. The van der Waals surface area contributed by atoms with E-state index in [0.29, 0.717) is 5.56 Å². The number of hydrogen-bond acceptors (Lipinski definition) is 2. The van der Waals surface area contributed by atoms with Gasteiger partial charge < -0.3 is 5.11 Å². The zero-order valence-electron chi connectivity index (χ0n) is 16.5. The molecule has 0 aliphatic carbocycles. The molecule has 1 N–H and O–H groups in total. The lowest BCUT2D eigenvalue weighted by Gasteiger charge is -2.27. The Balaban J connectivity index is 2.05. The van der Waals surface area contributed by atoms with E-state index in [2.05, 4.69) is 18.0 Å². The Morgan fingerprint density at radius 3 is 2.26 bits per heavy atom. The number of aryl methyl sites for hydroxylation is 1. The van der Waals surface area contributed by atoms with Gasteiger partial charge in [-0.3, -0.25) is 4.98 Å². The van der Waals surface area contributed by atoms with Crippen LogP contribution in [0.25, 0.3) is 11.3 Å². The predicted octanol–water partition coefficient (Wildman–Crippen LogP) is 6.44. The third-order valence-corrected chi connectivity index (χ3v) is 5.92. The molecule has 4 heteroatoms. The lowest BCUT2D eigenvalue weighted by Crippen LogP contribution is -2.35. The van der Waals surface area contributed by atoms with Crippen molar-refractivity contribution in [1.82, 2.24) is 4.98 Å². The Morgan fingerprint density at radius 1 is 1.07 bits per heavy atom. The molecule has 1 atom stereocenters. The zero-order valence-corrected chi connectivity index (χ0v) is 17.3. The quantitative estimate of drug-likeness (QED) is 0.377. The smallest absolute Gasteiger partial charge is 0.329 e. The number of benzene rings is 1. The molecule has 0 aliphatic rings. The zero-order chi connectivity index (χ0) is 19.9. The van der Waals surface area contributed by atoms with Crippen molar-refractivity contribution in [1.29, 1.82) is 0 Å². The number of aliphatic carboxylic acids is 1. The van der Waals surface area contributed by atoms with Crippen molar-refractivity contribution >= 4 is 17.6 Å². The van der Waals surface area contributed by atoms with Gasteiger partial charge in [0.2, 0.25) is 0 Å². The standard InChI is InChI=1S/C23H30ClNO2/c1-4-5-6-7-8-9-18-10-15-21(25-16-18)19-11-13-20(14-12-19)23(24,17(2)3)22(26)27/h10-17H,4-9H2,1-3H3,(H,26,27)/t23-/m0/s1. The number of hydrogen-bond donors (Lipinski definition) is 1. The molecule has 27 heavy (non-hydrogen) atoms. The van der Waals surface area contributed by atoms with E-state index >= 15 is 0 Å². The van der Waals surface area contributed by atoms with Crippen LogP contribution in [0.5, 0.6) is 0 Å². The van der Waals surface area contributed by atoms with Crippen LogP contribution in [-0.4, -0.2) is 16.1 Å². The summed E-state index contributed by atoms with van der Waals surface area (Å²) in [5, 5.41) is 9.55. The second-order valence-electron chi connectivity index (χ2n) is 7.46. The summed E-state index contributed by atoms with van der Waals surface area (Å²) >= 11 is 6.42. The molecule has 2 rings (SSSR count). The highest BCUT2D eigenvalue weighted by atomic mass is 35.5. The molecular weight excluding hydrogens is 358 g/mol. The lowest BCUT2D eigenvalue weighted by atomic mass is 9.87. The van der Waals surface area contributed by atoms with Crippen molar-refractivity contribution in [3.05, 3.63) is 53.7 Å². The van der Waals surface area contributed by atoms with Crippen LogP contribution in [0.2, 0.25) is 0 Å². The molecule has 0 fully saturated rings. The molecule has 146 valence electrons. The lowest BCUT2D eigenvalue weighted by molar-refractivity contribution is -0.141. The molecule has 0 saturated carbocycles. The Labute approximate surface area is 167 Å². The average molecular weight is 388 g/mol. The number of carboxylic acid groups (broad SMARTS) is 1. The van der Waals surface area contributed by atoms with Gasteiger partial charge in [-0.25, -0.2) is 4.79 Å². The molecule has 0 aliphatic heterocycles. The van der Waals surface area contributed by atoms with Crippen LogP contribution in [0.3, 0.4) is 0 Å². The maximum absolute atomic E-state index is 11.7. The molecule has 2 aromatic rings. The number of carboxylic acids is 1. The minimum atomic E-state index is -1.41. The molecule has 3 nitrogen and oxygen atoms in total. The second-order valence-corrected chi connectivity index (χ2v) is 8.06. The molecule has 1 heterocycles. The van der Waals surface area contributed by atoms with Gasteiger partial charge >= 0.3 is 5.97 Å². The molecule has 0 unspecified atom stereocenters. The highest BCUT2D eigenvalue weighted by Gasteiger charge is 2.41. The summed E-state index contributed by atoms with van der Waals surface area (Å²) in [4.78, 5) is 14.8. The van der Waals surface area contributed by atoms with Gasteiger partial charge in [-0.2, -0.15) is 0 Å². The number of aromatic nitrogens is 1. The van der Waals surface area contributed by atoms with Crippen LogP contribution in [0.4, 0.5) is 0 Å². The predicted molar refractivity (Wildman–Crippen MR) is 112 cm³/mol. The molecule has 0 saturated heterocycles. The van der Waals surface area contributed by atoms with E-state index < -0.39 is 10.8 Å². The second kappa shape index (κ2) is 9.89. The van der Waals surface area contributed by atoms with Gasteiger partial charge in [-0.1, -0.05) is 76.8 Å². The number of unbranched alkanes of at least 4 members (excludes halogenated alkanes) is 4. The number of pyridine rings is 1. The van der Waals surface area contributed by atoms with E-state index in [9.17, 15) is 9.90 Å². The SMILES string of the molecule is CCCCCCCc1ccc(-c2ccc([C@](Cl)(C(=O)O)C(C)C)cc2)nc1. The van der Waals surface area contributed by atoms with E-state index in [-0.39, 0.29) is 5.92 Å². The fourth-order valence-corrected chi connectivity index (χ4v) is 3.39. The maximum Gasteiger partial charge on any atom is 0.329 e. The van der Waals surface area contributed by atoms with E-state index in [1.165, 1.54) is 37.7 Å². The first-order valence-corrected chi connectivity index (χ1v) is 10.3. The largest absolute Gasteiger partial charge is 0.480 e.